The second-order valence-corrected chi connectivity index (χ2v) is 14.9. The first kappa shape index (κ1) is 30.3. The Hall–Kier alpha value is -7.15. The van der Waals surface area contributed by atoms with Gasteiger partial charge in [-0.1, -0.05) is 127 Å². The Bertz CT molecular complexity index is 3520. The van der Waals surface area contributed by atoms with Crippen molar-refractivity contribution in [3.8, 4) is 45.3 Å². The molecule has 0 aliphatic heterocycles. The highest BCUT2D eigenvalue weighted by Crippen LogP contribution is 2.44. The van der Waals surface area contributed by atoms with E-state index in [2.05, 4.69) is 127 Å². The lowest BCUT2D eigenvalue weighted by Crippen LogP contribution is -2.00. The molecule has 0 unspecified atom stereocenters. The molecule has 0 spiro atoms. The minimum absolute atomic E-state index is 0.591. The van der Waals surface area contributed by atoms with Crippen molar-refractivity contribution in [1.82, 2.24) is 15.0 Å². The van der Waals surface area contributed by atoms with E-state index in [1.165, 1.54) is 20.9 Å². The number of hydrogen-bond donors (Lipinski definition) is 0. The van der Waals surface area contributed by atoms with Crippen LogP contribution in [0.3, 0.4) is 0 Å². The lowest BCUT2D eigenvalue weighted by atomic mass is 9.97. The maximum Gasteiger partial charge on any atom is 0.165 e. The molecule has 6 heteroatoms. The third-order valence-electron chi connectivity index (χ3n) is 10.7. The van der Waals surface area contributed by atoms with Gasteiger partial charge in [0.25, 0.3) is 0 Å². The second kappa shape index (κ2) is 11.7. The molecule has 8 aromatic carbocycles. The van der Waals surface area contributed by atoms with Gasteiger partial charge in [0.15, 0.2) is 17.5 Å². The van der Waals surface area contributed by atoms with Gasteiger partial charge in [-0.25, -0.2) is 15.0 Å². The van der Waals surface area contributed by atoms with Crippen molar-refractivity contribution in [2.75, 3.05) is 0 Å². The highest BCUT2D eigenvalue weighted by Gasteiger charge is 2.22. The summed E-state index contributed by atoms with van der Waals surface area (Å²) in [5.74, 6) is 1.84. The topological polar surface area (TPSA) is 65.0 Å². The van der Waals surface area contributed by atoms with Gasteiger partial charge in [-0.15, -0.1) is 11.3 Å². The van der Waals surface area contributed by atoms with Crippen LogP contribution in [-0.2, 0) is 0 Å². The fourth-order valence-electron chi connectivity index (χ4n) is 8.24. The summed E-state index contributed by atoms with van der Waals surface area (Å²) < 4.78 is 15.5. The van der Waals surface area contributed by atoms with Crippen molar-refractivity contribution in [2.24, 2.45) is 0 Å². The average Bonchev–Trinajstić information content (AvgIpc) is 3.95. The van der Waals surface area contributed by atoms with Crippen LogP contribution in [0.15, 0.2) is 173 Å². The van der Waals surface area contributed by atoms with Gasteiger partial charge in [-0.2, -0.15) is 0 Å². The zero-order valence-corrected chi connectivity index (χ0v) is 30.0. The minimum Gasteiger partial charge on any atom is -0.456 e. The van der Waals surface area contributed by atoms with Gasteiger partial charge >= 0.3 is 0 Å². The molecule has 0 amide bonds. The van der Waals surface area contributed by atoms with Crippen molar-refractivity contribution in [1.29, 1.82) is 0 Å². The molecule has 12 rings (SSSR count). The van der Waals surface area contributed by atoms with Crippen LogP contribution >= 0.6 is 11.3 Å². The zero-order valence-electron chi connectivity index (χ0n) is 29.2. The molecule has 4 aromatic heterocycles. The van der Waals surface area contributed by atoms with Crippen LogP contribution in [0.25, 0.3) is 120 Å². The first-order valence-electron chi connectivity index (χ1n) is 18.3. The molecule has 0 saturated carbocycles. The Morgan fingerprint density at radius 1 is 0.382 bits per heavy atom. The van der Waals surface area contributed by atoms with E-state index in [-0.39, 0.29) is 0 Å². The molecule has 0 radical (unpaired) electrons. The van der Waals surface area contributed by atoms with Gasteiger partial charge in [0.1, 0.15) is 22.3 Å². The summed E-state index contributed by atoms with van der Waals surface area (Å²) >= 11 is 1.77. The Kier molecular flexibility index (Phi) is 6.44. The van der Waals surface area contributed by atoms with Crippen LogP contribution in [0.4, 0.5) is 0 Å². The standard InChI is InChI=1S/C49H27N3O2S/c1-2-12-29-27-30(26-25-28(29)11-1)47-50-48(52-49(51-47)38-20-8-17-34-31-13-4-6-24-42(31)55-46(34)38)37-19-10-23-41-44(37)36-18-7-16-33(45(36)54-41)32-15-9-22-40-43(32)35-14-3-5-21-39(35)53-40/h1-27H. The van der Waals surface area contributed by atoms with Crippen molar-refractivity contribution in [3.63, 3.8) is 0 Å². The molecule has 0 aliphatic carbocycles. The Labute approximate surface area is 317 Å². The number of rotatable bonds is 4. The van der Waals surface area contributed by atoms with Crippen molar-refractivity contribution in [3.05, 3.63) is 164 Å². The molecule has 0 bridgehead atoms. The average molecular weight is 722 g/mol. The van der Waals surface area contributed by atoms with E-state index in [4.69, 9.17) is 23.8 Å². The van der Waals surface area contributed by atoms with E-state index < -0.39 is 0 Å². The van der Waals surface area contributed by atoms with E-state index >= 15 is 0 Å². The molecule has 0 aliphatic rings. The summed E-state index contributed by atoms with van der Waals surface area (Å²) in [7, 11) is 0. The normalized spacial score (nSPS) is 12.0. The van der Waals surface area contributed by atoms with Gasteiger partial charge in [0.05, 0.1) is 0 Å². The first-order valence-corrected chi connectivity index (χ1v) is 19.1. The van der Waals surface area contributed by atoms with Crippen LogP contribution in [0.1, 0.15) is 0 Å². The third kappa shape index (κ3) is 4.62. The number of aromatic nitrogens is 3. The van der Waals surface area contributed by atoms with Gasteiger partial charge in [-0.3, -0.25) is 0 Å². The fraction of sp³-hybridized carbons (Fsp3) is 0. The molecular formula is C49H27N3O2S. The molecule has 0 fully saturated rings. The van der Waals surface area contributed by atoms with E-state index in [9.17, 15) is 0 Å². The summed E-state index contributed by atoms with van der Waals surface area (Å²) in [6, 6.07) is 56.7. The van der Waals surface area contributed by atoms with Crippen LogP contribution in [-0.4, -0.2) is 15.0 Å². The summed E-state index contributed by atoms with van der Waals surface area (Å²) in [4.78, 5) is 15.8. The lowest BCUT2D eigenvalue weighted by Gasteiger charge is -2.10. The predicted molar refractivity (Wildman–Crippen MR) is 227 cm³/mol. The monoisotopic (exact) mass is 721 g/mol. The maximum absolute atomic E-state index is 6.81. The molecule has 12 aromatic rings. The highest BCUT2D eigenvalue weighted by molar-refractivity contribution is 7.26. The summed E-state index contributed by atoms with van der Waals surface area (Å²) in [6.07, 6.45) is 0. The maximum atomic E-state index is 6.81. The van der Waals surface area contributed by atoms with Gasteiger partial charge < -0.3 is 8.83 Å². The van der Waals surface area contributed by atoms with Crippen LogP contribution in [0.2, 0.25) is 0 Å². The van der Waals surface area contributed by atoms with Crippen LogP contribution in [0.5, 0.6) is 0 Å². The SMILES string of the molecule is c1ccc2cc(-c3nc(-c4cccc5c4sc4ccccc45)nc(-c4cccc5oc6c(-c7cccc8oc9ccccc9c78)cccc6c45)n3)ccc2c1. The van der Waals surface area contributed by atoms with E-state index in [0.717, 1.165) is 81.8 Å². The Balaban J connectivity index is 1.12. The number of thiophene rings is 1. The van der Waals surface area contributed by atoms with Crippen LogP contribution < -0.4 is 0 Å². The van der Waals surface area contributed by atoms with E-state index in [1.54, 1.807) is 11.3 Å². The number of benzene rings is 8. The number of para-hydroxylation sites is 2. The van der Waals surface area contributed by atoms with E-state index in [0.29, 0.717) is 17.5 Å². The molecule has 256 valence electrons. The lowest BCUT2D eigenvalue weighted by molar-refractivity contribution is 0.668. The third-order valence-corrected chi connectivity index (χ3v) is 12.0. The first-order chi connectivity index (χ1) is 27.2. The summed E-state index contributed by atoms with van der Waals surface area (Å²) in [6.45, 7) is 0. The summed E-state index contributed by atoms with van der Waals surface area (Å²) in [5.41, 5.74) is 8.15. The smallest absolute Gasteiger partial charge is 0.165 e. The Morgan fingerprint density at radius 2 is 0.982 bits per heavy atom. The molecule has 55 heavy (non-hydrogen) atoms. The van der Waals surface area contributed by atoms with Gasteiger partial charge in [0.2, 0.25) is 0 Å². The quantitative estimate of drug-likeness (QED) is 0.181. The summed E-state index contributed by atoms with van der Waals surface area (Å²) in [5, 5.41) is 8.84. The Morgan fingerprint density at radius 3 is 1.87 bits per heavy atom. The number of furan rings is 2. The number of hydrogen-bond acceptors (Lipinski definition) is 6. The fourth-order valence-corrected chi connectivity index (χ4v) is 9.45. The van der Waals surface area contributed by atoms with Crippen molar-refractivity contribution < 1.29 is 8.83 Å². The van der Waals surface area contributed by atoms with Crippen molar-refractivity contribution in [2.45, 2.75) is 0 Å². The van der Waals surface area contributed by atoms with Crippen molar-refractivity contribution >= 4 is 86.2 Å². The number of nitrogens with zero attached hydrogens (tertiary/aromatic N) is 3. The van der Waals surface area contributed by atoms with E-state index in [1.807, 2.05) is 36.4 Å². The van der Waals surface area contributed by atoms with Gasteiger partial charge in [0, 0.05) is 64.0 Å². The van der Waals surface area contributed by atoms with Gasteiger partial charge in [-0.05, 0) is 52.7 Å². The molecular weight excluding hydrogens is 695 g/mol. The van der Waals surface area contributed by atoms with Crippen LogP contribution in [0, 0.1) is 0 Å². The zero-order chi connectivity index (χ0) is 36.0. The number of fused-ring (bicyclic) bond motifs is 10. The molecule has 0 saturated heterocycles. The largest absolute Gasteiger partial charge is 0.456 e. The molecule has 4 heterocycles. The second-order valence-electron chi connectivity index (χ2n) is 13.9. The molecule has 0 N–H and O–H groups in total. The molecule has 0 atom stereocenters. The molecule has 5 nitrogen and oxygen atoms in total. The highest BCUT2D eigenvalue weighted by atomic mass is 32.1. The minimum atomic E-state index is 0.591. The predicted octanol–water partition coefficient (Wildman–Crippen LogP) is 13.9.